The van der Waals surface area contributed by atoms with Crippen molar-refractivity contribution >= 4 is 28.6 Å². The van der Waals surface area contributed by atoms with Crippen LogP contribution in [0.4, 0.5) is 0 Å². The van der Waals surface area contributed by atoms with Gasteiger partial charge in [-0.05, 0) is 35.2 Å². The van der Waals surface area contributed by atoms with Crippen LogP contribution in [0.5, 0.6) is 0 Å². The number of halogens is 1. The molecule has 0 saturated carbocycles. The molecule has 88 valence electrons. The monoisotopic (exact) mass is 256 g/mol. The van der Waals surface area contributed by atoms with Gasteiger partial charge in [0.05, 0.1) is 0 Å². The van der Waals surface area contributed by atoms with Crippen molar-refractivity contribution in [3.63, 3.8) is 0 Å². The molecule has 0 aromatic heterocycles. The minimum Gasteiger partial charge on any atom is -0.281 e. The Morgan fingerprint density at radius 3 is 2.25 bits per heavy atom. The summed E-state index contributed by atoms with van der Waals surface area (Å²) in [5, 5.41) is 0.288. The Morgan fingerprint density at radius 1 is 1.25 bits per heavy atom. The second-order valence-corrected chi connectivity index (χ2v) is 6.12. The van der Waals surface area contributed by atoms with Crippen molar-refractivity contribution in [2.24, 2.45) is 5.92 Å². The smallest absolute Gasteiger partial charge is 0.226 e. The quantitative estimate of drug-likeness (QED) is 0.582. The normalized spacial score (nSPS) is 12.8. The van der Waals surface area contributed by atoms with Crippen molar-refractivity contribution in [3.8, 4) is 0 Å². The zero-order valence-corrected chi connectivity index (χ0v) is 11.4. The van der Waals surface area contributed by atoms with Gasteiger partial charge in [0.2, 0.25) is 5.24 Å². The van der Waals surface area contributed by atoms with E-state index in [4.69, 9.17) is 11.6 Å². The van der Waals surface area contributed by atoms with Crippen LogP contribution in [0, 0.1) is 5.92 Å². The predicted molar refractivity (Wildman–Crippen MR) is 71.2 cm³/mol. The van der Waals surface area contributed by atoms with E-state index in [0.29, 0.717) is 17.6 Å². The molecule has 1 rings (SSSR count). The van der Waals surface area contributed by atoms with Crippen LogP contribution in [-0.4, -0.2) is 10.5 Å². The molecule has 0 amide bonds. The lowest BCUT2D eigenvalue weighted by Crippen LogP contribution is -2.05. The van der Waals surface area contributed by atoms with Gasteiger partial charge in [0.25, 0.3) is 0 Å². The van der Waals surface area contributed by atoms with Gasteiger partial charge < -0.3 is 0 Å². The third-order valence-corrected chi connectivity index (χ3v) is 4.12. The summed E-state index contributed by atoms with van der Waals surface area (Å²) in [5.74, 6) is 0.661. The van der Waals surface area contributed by atoms with Gasteiger partial charge in [0.15, 0.2) is 0 Å². The van der Waals surface area contributed by atoms with E-state index >= 15 is 0 Å². The first-order valence-corrected chi connectivity index (χ1v) is 6.68. The number of benzene rings is 1. The summed E-state index contributed by atoms with van der Waals surface area (Å²) in [5.41, 5.74) is 0.974. The van der Waals surface area contributed by atoms with Crippen LogP contribution >= 0.6 is 23.4 Å². The van der Waals surface area contributed by atoms with Crippen molar-refractivity contribution < 1.29 is 4.79 Å². The molecule has 0 saturated heterocycles. The molecule has 3 heteroatoms. The van der Waals surface area contributed by atoms with Crippen molar-refractivity contribution in [3.05, 3.63) is 29.8 Å². The Hall–Kier alpha value is -0.470. The van der Waals surface area contributed by atoms with Crippen molar-refractivity contribution in [1.29, 1.82) is 0 Å². The van der Waals surface area contributed by atoms with Gasteiger partial charge in [-0.25, -0.2) is 0 Å². The third-order valence-electron chi connectivity index (χ3n) is 2.53. The average molecular weight is 257 g/mol. The van der Waals surface area contributed by atoms with Gasteiger partial charge in [-0.3, -0.25) is 4.79 Å². The van der Waals surface area contributed by atoms with Crippen LogP contribution < -0.4 is 0 Å². The fourth-order valence-electron chi connectivity index (χ4n) is 1.20. The molecule has 1 aromatic rings. The summed E-state index contributed by atoms with van der Waals surface area (Å²) >= 11 is 7.20. The summed E-state index contributed by atoms with van der Waals surface area (Å²) in [7, 11) is 0. The number of carbonyl (C=O) groups excluding carboxylic acids is 1. The molecule has 0 fully saturated rings. The van der Waals surface area contributed by atoms with Crippen LogP contribution in [0.25, 0.3) is 0 Å². The molecule has 1 unspecified atom stereocenters. The fourth-order valence-corrected chi connectivity index (χ4v) is 2.35. The van der Waals surface area contributed by atoms with E-state index in [0.717, 1.165) is 5.56 Å². The Morgan fingerprint density at radius 2 is 1.81 bits per heavy atom. The first-order valence-electron chi connectivity index (χ1n) is 5.43. The summed E-state index contributed by atoms with van der Waals surface area (Å²) in [4.78, 5) is 12.0. The minimum absolute atomic E-state index is 0.309. The first kappa shape index (κ1) is 13.6. The standard InChI is InChI=1S/C13H17ClOS/c1-9(2)10(3)16-12-6-4-11(5-7-12)8-13(14)15/h4-7,9-10H,8H2,1-3H3. The van der Waals surface area contributed by atoms with E-state index < -0.39 is 0 Å². The number of carbonyl (C=O) groups is 1. The number of thioether (sulfide) groups is 1. The molecule has 0 heterocycles. The number of hydrogen-bond acceptors (Lipinski definition) is 2. The van der Waals surface area contributed by atoms with Gasteiger partial charge in [-0.1, -0.05) is 32.9 Å². The first-order chi connectivity index (χ1) is 7.49. The molecule has 0 spiro atoms. The van der Waals surface area contributed by atoms with Crippen molar-refractivity contribution in [1.82, 2.24) is 0 Å². The largest absolute Gasteiger partial charge is 0.281 e. The zero-order chi connectivity index (χ0) is 12.1. The molecule has 1 atom stereocenters. The Balaban J connectivity index is 2.61. The summed E-state index contributed by atoms with van der Waals surface area (Å²) in [6.45, 7) is 6.67. The maximum absolute atomic E-state index is 10.7. The molecular weight excluding hydrogens is 240 g/mol. The second-order valence-electron chi connectivity index (χ2n) is 4.24. The predicted octanol–water partition coefficient (Wildman–Crippen LogP) is 4.13. The van der Waals surface area contributed by atoms with E-state index in [1.807, 2.05) is 23.9 Å². The minimum atomic E-state index is -0.309. The summed E-state index contributed by atoms with van der Waals surface area (Å²) in [6.07, 6.45) is 0.312. The Labute approximate surface area is 107 Å². The van der Waals surface area contributed by atoms with Gasteiger partial charge >= 0.3 is 0 Å². The zero-order valence-electron chi connectivity index (χ0n) is 9.87. The molecule has 0 radical (unpaired) electrons. The molecule has 0 aliphatic rings. The van der Waals surface area contributed by atoms with Crippen LogP contribution in [0.1, 0.15) is 26.3 Å². The van der Waals surface area contributed by atoms with E-state index in [1.54, 1.807) is 0 Å². The maximum Gasteiger partial charge on any atom is 0.226 e. The van der Waals surface area contributed by atoms with E-state index in [1.165, 1.54) is 4.90 Å². The fraction of sp³-hybridized carbons (Fsp3) is 0.462. The van der Waals surface area contributed by atoms with Gasteiger partial charge in [0.1, 0.15) is 0 Å². The second kappa shape index (κ2) is 6.31. The lowest BCUT2D eigenvalue weighted by molar-refractivity contribution is -0.111. The Bertz CT molecular complexity index is 345. The summed E-state index contributed by atoms with van der Waals surface area (Å²) < 4.78 is 0. The highest BCUT2D eigenvalue weighted by molar-refractivity contribution is 8.00. The third kappa shape index (κ3) is 4.58. The van der Waals surface area contributed by atoms with Gasteiger partial charge in [-0.15, -0.1) is 11.8 Å². The average Bonchev–Trinajstić information content (AvgIpc) is 2.20. The van der Waals surface area contributed by atoms with Crippen LogP contribution in [0.15, 0.2) is 29.2 Å². The molecule has 0 aliphatic carbocycles. The van der Waals surface area contributed by atoms with Crippen LogP contribution in [-0.2, 0) is 11.2 Å². The summed E-state index contributed by atoms with van der Waals surface area (Å²) in [6, 6.07) is 8.04. The Kier molecular flexibility index (Phi) is 5.36. The topological polar surface area (TPSA) is 17.1 Å². The SMILES string of the molecule is CC(C)C(C)Sc1ccc(CC(=O)Cl)cc1. The molecule has 1 nitrogen and oxygen atoms in total. The number of rotatable bonds is 5. The van der Waals surface area contributed by atoms with Gasteiger partial charge in [0, 0.05) is 16.6 Å². The maximum atomic E-state index is 10.7. The molecule has 0 aliphatic heterocycles. The van der Waals surface area contributed by atoms with Crippen molar-refractivity contribution in [2.75, 3.05) is 0 Å². The highest BCUT2D eigenvalue weighted by Crippen LogP contribution is 2.27. The molecule has 16 heavy (non-hydrogen) atoms. The number of hydrogen-bond donors (Lipinski definition) is 0. The van der Waals surface area contributed by atoms with E-state index in [2.05, 4.69) is 32.9 Å². The van der Waals surface area contributed by atoms with E-state index in [9.17, 15) is 4.79 Å². The lowest BCUT2D eigenvalue weighted by Gasteiger charge is -2.14. The van der Waals surface area contributed by atoms with Crippen LogP contribution in [0.2, 0.25) is 0 Å². The van der Waals surface area contributed by atoms with Crippen LogP contribution in [0.3, 0.4) is 0 Å². The highest BCUT2D eigenvalue weighted by Gasteiger charge is 2.08. The molecule has 0 N–H and O–H groups in total. The molecule has 0 bridgehead atoms. The molecular formula is C13H17ClOS. The molecule has 1 aromatic carbocycles. The van der Waals surface area contributed by atoms with Crippen molar-refractivity contribution in [2.45, 2.75) is 37.3 Å². The highest BCUT2D eigenvalue weighted by atomic mass is 35.5. The van der Waals surface area contributed by atoms with E-state index in [-0.39, 0.29) is 5.24 Å². The van der Waals surface area contributed by atoms with Gasteiger partial charge in [-0.2, -0.15) is 0 Å². The lowest BCUT2D eigenvalue weighted by atomic mass is 10.1.